The van der Waals surface area contributed by atoms with Crippen LogP contribution in [0.3, 0.4) is 0 Å². The Morgan fingerprint density at radius 3 is 2.30 bits per heavy atom. The normalized spacial score (nSPS) is 19.0. The van der Waals surface area contributed by atoms with Gasteiger partial charge in [0, 0.05) is 0 Å². The van der Waals surface area contributed by atoms with Gasteiger partial charge in [-0.3, -0.25) is 0 Å². The Balaban J connectivity index is 2.31. The molecule has 5 heteroatoms. The van der Waals surface area contributed by atoms with Crippen LogP contribution in [-0.4, -0.2) is 14.0 Å². The Morgan fingerprint density at radius 1 is 1.15 bits per heavy atom. The SMILES string of the molecule is Cc1ccccc1S(=O)(=O)NC1(C#N)CCCCCC1. The first-order valence-corrected chi connectivity index (χ1v) is 8.48. The summed E-state index contributed by atoms with van der Waals surface area (Å²) < 4.78 is 27.7. The molecule has 0 aliphatic heterocycles. The largest absolute Gasteiger partial charge is 0.242 e. The number of nitrogens with one attached hydrogen (secondary N) is 1. The van der Waals surface area contributed by atoms with Gasteiger partial charge in [-0.05, 0) is 31.4 Å². The van der Waals surface area contributed by atoms with Gasteiger partial charge in [-0.1, -0.05) is 43.9 Å². The molecular weight excluding hydrogens is 272 g/mol. The summed E-state index contributed by atoms with van der Waals surface area (Å²) >= 11 is 0. The van der Waals surface area contributed by atoms with Crippen LogP contribution >= 0.6 is 0 Å². The highest BCUT2D eigenvalue weighted by Gasteiger charge is 2.36. The van der Waals surface area contributed by atoms with E-state index in [1.807, 2.05) is 0 Å². The summed E-state index contributed by atoms with van der Waals surface area (Å²) in [6.45, 7) is 1.76. The number of hydrogen-bond donors (Lipinski definition) is 1. The second-order valence-electron chi connectivity index (χ2n) is 5.48. The molecule has 1 aliphatic carbocycles. The highest BCUT2D eigenvalue weighted by Crippen LogP contribution is 2.28. The maximum atomic E-state index is 12.5. The molecule has 0 radical (unpaired) electrons. The predicted octanol–water partition coefficient (Wildman–Crippen LogP) is 2.89. The quantitative estimate of drug-likeness (QED) is 0.871. The Hall–Kier alpha value is -1.38. The predicted molar refractivity (Wildman–Crippen MR) is 77.5 cm³/mol. The number of sulfonamides is 1. The molecule has 1 saturated carbocycles. The molecule has 0 unspecified atom stereocenters. The van der Waals surface area contributed by atoms with Gasteiger partial charge in [-0.25, -0.2) is 8.42 Å². The first-order chi connectivity index (χ1) is 9.49. The van der Waals surface area contributed by atoms with E-state index in [0.717, 1.165) is 25.7 Å². The smallest absolute Gasteiger partial charge is 0.207 e. The van der Waals surface area contributed by atoms with Crippen LogP contribution in [0.15, 0.2) is 29.2 Å². The summed E-state index contributed by atoms with van der Waals surface area (Å²) in [6, 6.07) is 9.07. The zero-order valence-corrected chi connectivity index (χ0v) is 12.5. The summed E-state index contributed by atoms with van der Waals surface area (Å²) in [7, 11) is -3.65. The van der Waals surface area contributed by atoms with E-state index in [-0.39, 0.29) is 4.90 Å². The van der Waals surface area contributed by atoms with Crippen molar-refractivity contribution in [3.63, 3.8) is 0 Å². The van der Waals surface area contributed by atoms with Crippen LogP contribution < -0.4 is 4.72 Å². The van der Waals surface area contributed by atoms with E-state index in [1.54, 1.807) is 31.2 Å². The molecule has 0 amide bonds. The number of nitrogens with zero attached hydrogens (tertiary/aromatic N) is 1. The van der Waals surface area contributed by atoms with Crippen molar-refractivity contribution in [1.29, 1.82) is 5.26 Å². The van der Waals surface area contributed by atoms with Crippen molar-refractivity contribution >= 4 is 10.0 Å². The van der Waals surface area contributed by atoms with Gasteiger partial charge in [0.05, 0.1) is 11.0 Å². The van der Waals surface area contributed by atoms with Crippen molar-refractivity contribution in [2.24, 2.45) is 0 Å². The molecule has 108 valence electrons. The minimum Gasteiger partial charge on any atom is -0.207 e. The Morgan fingerprint density at radius 2 is 1.75 bits per heavy atom. The molecule has 0 bridgehead atoms. The average Bonchev–Trinajstić information content (AvgIpc) is 2.64. The Bertz CT molecular complexity index is 609. The molecule has 1 aliphatic rings. The van der Waals surface area contributed by atoms with Crippen molar-refractivity contribution in [2.75, 3.05) is 0 Å². The molecule has 1 aromatic carbocycles. The molecule has 1 N–H and O–H groups in total. The highest BCUT2D eigenvalue weighted by molar-refractivity contribution is 7.89. The Kier molecular flexibility index (Phi) is 4.46. The van der Waals surface area contributed by atoms with Crippen LogP contribution in [0.1, 0.15) is 44.1 Å². The lowest BCUT2D eigenvalue weighted by Gasteiger charge is -2.26. The maximum absolute atomic E-state index is 12.5. The lowest BCUT2D eigenvalue weighted by molar-refractivity contribution is 0.422. The molecule has 2 rings (SSSR count). The number of aryl methyl sites for hydroxylation is 1. The molecular formula is C15H20N2O2S. The number of hydrogen-bond acceptors (Lipinski definition) is 3. The van der Waals surface area contributed by atoms with Crippen molar-refractivity contribution in [3.8, 4) is 6.07 Å². The van der Waals surface area contributed by atoms with E-state index in [9.17, 15) is 13.7 Å². The minimum absolute atomic E-state index is 0.263. The topological polar surface area (TPSA) is 70.0 Å². The van der Waals surface area contributed by atoms with Gasteiger partial charge in [-0.2, -0.15) is 9.98 Å². The van der Waals surface area contributed by atoms with Gasteiger partial charge in [0.15, 0.2) is 0 Å². The number of nitriles is 1. The first kappa shape index (κ1) is 15.0. The fourth-order valence-corrected chi connectivity index (χ4v) is 4.36. The summed E-state index contributed by atoms with van der Waals surface area (Å²) in [5, 5.41) is 9.47. The van der Waals surface area contributed by atoms with Crippen LogP contribution in [-0.2, 0) is 10.0 Å². The van der Waals surface area contributed by atoms with E-state index in [1.165, 1.54) is 0 Å². The van der Waals surface area contributed by atoms with Gasteiger partial charge < -0.3 is 0 Å². The van der Waals surface area contributed by atoms with E-state index in [2.05, 4.69) is 10.8 Å². The summed E-state index contributed by atoms with van der Waals surface area (Å²) in [5.41, 5.74) is -0.251. The van der Waals surface area contributed by atoms with Crippen LogP contribution in [0.2, 0.25) is 0 Å². The Labute approximate surface area is 120 Å². The third-order valence-corrected chi connectivity index (χ3v) is 5.58. The third kappa shape index (κ3) is 3.20. The lowest BCUT2D eigenvalue weighted by atomic mass is 9.94. The molecule has 20 heavy (non-hydrogen) atoms. The van der Waals surface area contributed by atoms with Gasteiger partial charge in [0.1, 0.15) is 5.54 Å². The average molecular weight is 292 g/mol. The van der Waals surface area contributed by atoms with Crippen LogP contribution in [0.25, 0.3) is 0 Å². The second kappa shape index (κ2) is 5.94. The molecule has 1 aromatic rings. The van der Waals surface area contributed by atoms with Crippen LogP contribution in [0, 0.1) is 18.3 Å². The van der Waals surface area contributed by atoms with E-state index in [4.69, 9.17) is 0 Å². The molecule has 0 atom stereocenters. The van der Waals surface area contributed by atoms with Crippen LogP contribution in [0.5, 0.6) is 0 Å². The molecule has 0 heterocycles. The summed E-state index contributed by atoms with van der Waals surface area (Å²) in [5.74, 6) is 0. The van der Waals surface area contributed by atoms with Gasteiger partial charge in [0.2, 0.25) is 10.0 Å². The third-order valence-electron chi connectivity index (χ3n) is 3.88. The van der Waals surface area contributed by atoms with Crippen LogP contribution in [0.4, 0.5) is 0 Å². The summed E-state index contributed by atoms with van der Waals surface area (Å²) in [4.78, 5) is 0.263. The highest BCUT2D eigenvalue weighted by atomic mass is 32.2. The fourth-order valence-electron chi connectivity index (χ4n) is 2.74. The monoisotopic (exact) mass is 292 g/mol. The minimum atomic E-state index is -3.65. The lowest BCUT2D eigenvalue weighted by Crippen LogP contribution is -2.47. The molecule has 0 aromatic heterocycles. The molecule has 1 fully saturated rings. The van der Waals surface area contributed by atoms with Crippen molar-refractivity contribution in [2.45, 2.75) is 55.9 Å². The van der Waals surface area contributed by atoms with E-state index in [0.29, 0.717) is 18.4 Å². The maximum Gasteiger partial charge on any atom is 0.242 e. The van der Waals surface area contributed by atoms with Crippen molar-refractivity contribution < 1.29 is 8.42 Å². The summed E-state index contributed by atoms with van der Waals surface area (Å²) in [6.07, 6.45) is 5.10. The number of rotatable bonds is 3. The molecule has 4 nitrogen and oxygen atoms in total. The first-order valence-electron chi connectivity index (χ1n) is 7.00. The van der Waals surface area contributed by atoms with Crippen molar-refractivity contribution in [3.05, 3.63) is 29.8 Å². The zero-order chi connectivity index (χ0) is 14.6. The fraction of sp³-hybridized carbons (Fsp3) is 0.533. The van der Waals surface area contributed by atoms with Gasteiger partial charge in [0.25, 0.3) is 0 Å². The molecule has 0 spiro atoms. The molecule has 0 saturated heterocycles. The van der Waals surface area contributed by atoms with E-state index < -0.39 is 15.6 Å². The van der Waals surface area contributed by atoms with E-state index >= 15 is 0 Å². The zero-order valence-electron chi connectivity index (χ0n) is 11.7. The van der Waals surface area contributed by atoms with Gasteiger partial charge >= 0.3 is 0 Å². The van der Waals surface area contributed by atoms with Gasteiger partial charge in [-0.15, -0.1) is 0 Å². The standard InChI is InChI=1S/C15H20N2O2S/c1-13-8-4-5-9-14(13)20(18,19)17-15(12-16)10-6-2-3-7-11-15/h4-5,8-9,17H,2-3,6-7,10-11H2,1H3. The van der Waals surface area contributed by atoms with Crippen molar-refractivity contribution in [1.82, 2.24) is 4.72 Å². The second-order valence-corrected chi connectivity index (χ2v) is 7.13. The number of benzene rings is 1.